The SMILES string of the molecule is COCCCOCCOCC(O)CCl. The average Bonchev–Trinajstić information content (AvgIpc) is 2.21. The Bertz CT molecular complexity index is 113. The zero-order valence-corrected chi connectivity index (χ0v) is 9.33. The minimum atomic E-state index is -0.579. The van der Waals surface area contributed by atoms with Crippen molar-refractivity contribution >= 4 is 11.6 Å². The van der Waals surface area contributed by atoms with Gasteiger partial charge in [-0.15, -0.1) is 11.6 Å². The molecule has 14 heavy (non-hydrogen) atoms. The van der Waals surface area contributed by atoms with E-state index in [1.54, 1.807) is 7.11 Å². The van der Waals surface area contributed by atoms with Gasteiger partial charge in [0.25, 0.3) is 0 Å². The van der Waals surface area contributed by atoms with E-state index in [2.05, 4.69) is 0 Å². The van der Waals surface area contributed by atoms with Crippen molar-refractivity contribution in [2.45, 2.75) is 12.5 Å². The van der Waals surface area contributed by atoms with Crippen molar-refractivity contribution in [3.8, 4) is 0 Å². The van der Waals surface area contributed by atoms with Crippen LogP contribution in [0.4, 0.5) is 0 Å². The third kappa shape index (κ3) is 10.2. The molecule has 0 amide bonds. The van der Waals surface area contributed by atoms with Gasteiger partial charge in [-0.2, -0.15) is 0 Å². The summed E-state index contributed by atoms with van der Waals surface area (Å²) in [5.74, 6) is 0.203. The van der Waals surface area contributed by atoms with Crippen molar-refractivity contribution in [3.63, 3.8) is 0 Å². The number of ether oxygens (including phenoxy) is 3. The fourth-order valence-corrected chi connectivity index (χ4v) is 0.878. The van der Waals surface area contributed by atoms with E-state index in [0.717, 1.165) is 6.42 Å². The van der Waals surface area contributed by atoms with Crippen LogP contribution in [0.15, 0.2) is 0 Å². The largest absolute Gasteiger partial charge is 0.389 e. The van der Waals surface area contributed by atoms with Crippen LogP contribution in [0.25, 0.3) is 0 Å². The molecule has 0 fully saturated rings. The van der Waals surface area contributed by atoms with Crippen molar-refractivity contribution in [1.29, 1.82) is 0 Å². The molecular formula is C9H19ClO4. The van der Waals surface area contributed by atoms with Crippen LogP contribution in [0, 0.1) is 0 Å². The maximum atomic E-state index is 9.02. The Morgan fingerprint density at radius 1 is 1.14 bits per heavy atom. The molecule has 0 heterocycles. The van der Waals surface area contributed by atoms with Gasteiger partial charge in [0.1, 0.15) is 0 Å². The van der Waals surface area contributed by atoms with E-state index in [9.17, 15) is 0 Å². The van der Waals surface area contributed by atoms with Crippen LogP contribution in [0.1, 0.15) is 6.42 Å². The lowest BCUT2D eigenvalue weighted by molar-refractivity contribution is 0.00737. The van der Waals surface area contributed by atoms with E-state index >= 15 is 0 Å². The predicted octanol–water partition coefficient (Wildman–Crippen LogP) is 0.656. The van der Waals surface area contributed by atoms with Crippen molar-refractivity contribution in [2.24, 2.45) is 0 Å². The summed E-state index contributed by atoms with van der Waals surface area (Å²) in [5.41, 5.74) is 0. The Hall–Kier alpha value is 0.130. The number of halogens is 1. The lowest BCUT2D eigenvalue weighted by atomic mass is 10.4. The highest BCUT2D eigenvalue weighted by Crippen LogP contribution is 1.89. The van der Waals surface area contributed by atoms with Crippen LogP contribution < -0.4 is 0 Å². The van der Waals surface area contributed by atoms with Gasteiger partial charge in [-0.25, -0.2) is 0 Å². The minimum absolute atomic E-state index is 0.203. The molecule has 0 aliphatic heterocycles. The molecule has 0 rings (SSSR count). The molecule has 0 aliphatic rings. The first kappa shape index (κ1) is 14.1. The van der Waals surface area contributed by atoms with Gasteiger partial charge in [-0.1, -0.05) is 0 Å². The van der Waals surface area contributed by atoms with Crippen molar-refractivity contribution in [2.75, 3.05) is 46.0 Å². The van der Waals surface area contributed by atoms with E-state index in [-0.39, 0.29) is 12.5 Å². The highest BCUT2D eigenvalue weighted by Gasteiger charge is 2.00. The van der Waals surface area contributed by atoms with Gasteiger partial charge in [0.2, 0.25) is 0 Å². The first-order valence-corrected chi connectivity index (χ1v) is 5.23. The number of hydrogen-bond donors (Lipinski definition) is 1. The van der Waals surface area contributed by atoms with Gasteiger partial charge in [0.15, 0.2) is 0 Å². The Morgan fingerprint density at radius 3 is 2.50 bits per heavy atom. The second kappa shape index (κ2) is 11.2. The molecule has 1 N–H and O–H groups in total. The number of methoxy groups -OCH3 is 1. The van der Waals surface area contributed by atoms with E-state index < -0.39 is 6.10 Å². The smallest absolute Gasteiger partial charge is 0.0908 e. The molecular weight excluding hydrogens is 208 g/mol. The second-order valence-electron chi connectivity index (χ2n) is 2.84. The van der Waals surface area contributed by atoms with Gasteiger partial charge in [-0.3, -0.25) is 0 Å². The summed E-state index contributed by atoms with van der Waals surface area (Å²) in [6, 6.07) is 0. The number of aliphatic hydroxyl groups is 1. The third-order valence-corrected chi connectivity index (χ3v) is 1.85. The number of aliphatic hydroxyl groups excluding tert-OH is 1. The number of hydrogen-bond acceptors (Lipinski definition) is 4. The van der Waals surface area contributed by atoms with Crippen LogP contribution in [0.2, 0.25) is 0 Å². The number of alkyl halides is 1. The summed E-state index contributed by atoms with van der Waals surface area (Å²) < 4.78 is 15.2. The molecule has 86 valence electrons. The van der Waals surface area contributed by atoms with Crippen molar-refractivity contribution in [1.82, 2.24) is 0 Å². The van der Waals surface area contributed by atoms with E-state index in [1.807, 2.05) is 0 Å². The Morgan fingerprint density at radius 2 is 1.86 bits per heavy atom. The highest BCUT2D eigenvalue weighted by molar-refractivity contribution is 6.18. The molecule has 0 aliphatic carbocycles. The maximum absolute atomic E-state index is 9.02. The summed E-state index contributed by atoms with van der Waals surface area (Å²) in [4.78, 5) is 0. The zero-order chi connectivity index (χ0) is 10.6. The molecule has 0 radical (unpaired) electrons. The van der Waals surface area contributed by atoms with Crippen LogP contribution in [-0.2, 0) is 14.2 Å². The quantitative estimate of drug-likeness (QED) is 0.439. The third-order valence-electron chi connectivity index (χ3n) is 1.50. The topological polar surface area (TPSA) is 47.9 Å². The number of rotatable bonds is 10. The van der Waals surface area contributed by atoms with Gasteiger partial charge < -0.3 is 19.3 Å². The molecule has 0 spiro atoms. The van der Waals surface area contributed by atoms with Crippen molar-refractivity contribution in [3.05, 3.63) is 0 Å². The maximum Gasteiger partial charge on any atom is 0.0908 e. The van der Waals surface area contributed by atoms with Crippen LogP contribution >= 0.6 is 11.6 Å². The van der Waals surface area contributed by atoms with Gasteiger partial charge in [0.05, 0.1) is 31.8 Å². The van der Waals surface area contributed by atoms with E-state index in [4.69, 9.17) is 30.9 Å². The summed E-state index contributed by atoms with van der Waals surface area (Å²) in [6.45, 7) is 2.69. The lowest BCUT2D eigenvalue weighted by Gasteiger charge is -2.08. The Balaban J connectivity index is 2.92. The molecule has 0 saturated heterocycles. The minimum Gasteiger partial charge on any atom is -0.389 e. The molecule has 1 unspecified atom stereocenters. The van der Waals surface area contributed by atoms with Crippen LogP contribution in [-0.4, -0.2) is 57.2 Å². The van der Waals surface area contributed by atoms with Crippen LogP contribution in [0.3, 0.4) is 0 Å². The monoisotopic (exact) mass is 226 g/mol. The Kier molecular flexibility index (Phi) is 11.3. The first-order valence-electron chi connectivity index (χ1n) is 4.69. The molecule has 1 atom stereocenters. The molecule has 0 bridgehead atoms. The summed E-state index contributed by atoms with van der Waals surface area (Å²) in [5, 5.41) is 9.02. The molecule has 4 nitrogen and oxygen atoms in total. The van der Waals surface area contributed by atoms with E-state index in [1.165, 1.54) is 0 Å². The van der Waals surface area contributed by atoms with Crippen LogP contribution in [0.5, 0.6) is 0 Å². The predicted molar refractivity (Wildman–Crippen MR) is 54.9 cm³/mol. The molecule has 0 aromatic heterocycles. The second-order valence-corrected chi connectivity index (χ2v) is 3.15. The van der Waals surface area contributed by atoms with E-state index in [0.29, 0.717) is 26.4 Å². The summed E-state index contributed by atoms with van der Waals surface area (Å²) in [7, 11) is 1.66. The summed E-state index contributed by atoms with van der Waals surface area (Å²) >= 11 is 5.37. The first-order chi connectivity index (χ1) is 6.81. The Labute approximate surface area is 90.1 Å². The fourth-order valence-electron chi connectivity index (χ4n) is 0.789. The average molecular weight is 227 g/mol. The molecule has 0 aromatic rings. The summed E-state index contributed by atoms with van der Waals surface area (Å²) in [6.07, 6.45) is 0.311. The van der Waals surface area contributed by atoms with Gasteiger partial charge in [0, 0.05) is 20.3 Å². The molecule has 0 aromatic carbocycles. The highest BCUT2D eigenvalue weighted by atomic mass is 35.5. The van der Waals surface area contributed by atoms with Gasteiger partial charge in [-0.05, 0) is 6.42 Å². The fraction of sp³-hybridized carbons (Fsp3) is 1.00. The molecule has 5 heteroatoms. The lowest BCUT2D eigenvalue weighted by Crippen LogP contribution is -2.18. The normalized spacial score (nSPS) is 13.1. The van der Waals surface area contributed by atoms with Crippen molar-refractivity contribution < 1.29 is 19.3 Å². The molecule has 0 saturated carbocycles. The standard InChI is InChI=1S/C9H19ClO4/c1-12-3-2-4-13-5-6-14-8-9(11)7-10/h9,11H,2-8H2,1H3. The zero-order valence-electron chi connectivity index (χ0n) is 8.58. The van der Waals surface area contributed by atoms with Gasteiger partial charge >= 0.3 is 0 Å².